The standard InChI is InChI=1S/C71H105N5O14/c1-66(2,3)85-60(78)56(51-28-31-74(44-51)63(81)88-69(10,11)12)39-47-22-19-25-50(36-47)43-73(34-35-84-55-27-21-24-49(38-55)41-58(62(80)87-68(7,8)9)53-30-33-76(46-53)65(83)90-71(16,17)18)59(77)42-72-54-26-20-23-48(37-54)40-57(61(79)86-67(4,5)6)52-29-32-75(45-52)64(82)89-70(13,14)15/h19-27,36-38,51-53,56-58,72H,28-35,39-46H2,1-18H3/t51-,52-,53-,56-,57-,58-/m0/s1. The molecule has 6 atom stereocenters. The van der Waals surface area contributed by atoms with Crippen LogP contribution in [0, 0.1) is 35.5 Å². The lowest BCUT2D eigenvalue weighted by Gasteiger charge is -2.28. The van der Waals surface area contributed by atoms with Gasteiger partial charge < -0.3 is 58.1 Å². The number of rotatable bonds is 21. The minimum absolute atomic E-state index is 0.0866. The molecule has 3 aliphatic heterocycles. The van der Waals surface area contributed by atoms with Gasteiger partial charge in [-0.05, 0) is 227 Å². The number of carbonyl (C=O) groups is 7. The van der Waals surface area contributed by atoms with Gasteiger partial charge in [-0.25, -0.2) is 14.4 Å². The number of hydrogen-bond donors (Lipinski definition) is 1. The number of amides is 4. The number of benzene rings is 3. The van der Waals surface area contributed by atoms with Gasteiger partial charge in [-0.1, -0.05) is 48.5 Å². The van der Waals surface area contributed by atoms with Gasteiger partial charge in [-0.3, -0.25) is 19.2 Å². The van der Waals surface area contributed by atoms with Gasteiger partial charge >= 0.3 is 36.2 Å². The molecule has 0 unspecified atom stereocenters. The Balaban J connectivity index is 1.23. The third-order valence-electron chi connectivity index (χ3n) is 15.4. The summed E-state index contributed by atoms with van der Waals surface area (Å²) in [6, 6.07) is 23.0. The zero-order valence-electron chi connectivity index (χ0n) is 57.2. The van der Waals surface area contributed by atoms with E-state index in [0.29, 0.717) is 89.2 Å². The third-order valence-corrected chi connectivity index (χ3v) is 15.4. The molecule has 19 heteroatoms. The minimum Gasteiger partial charge on any atom is -0.492 e. The van der Waals surface area contributed by atoms with Crippen molar-refractivity contribution >= 4 is 47.8 Å². The van der Waals surface area contributed by atoms with Gasteiger partial charge in [-0.15, -0.1) is 0 Å². The van der Waals surface area contributed by atoms with Gasteiger partial charge in [0.15, 0.2) is 0 Å². The number of hydrogen-bond acceptors (Lipinski definition) is 15. The normalized spacial score (nSPS) is 18.5. The third kappa shape index (κ3) is 24.0. The number of ether oxygens (including phenoxy) is 7. The summed E-state index contributed by atoms with van der Waals surface area (Å²) in [4.78, 5) is 103. The fourth-order valence-corrected chi connectivity index (χ4v) is 11.5. The van der Waals surface area contributed by atoms with Gasteiger partial charge in [0.1, 0.15) is 46.0 Å². The summed E-state index contributed by atoms with van der Waals surface area (Å²) in [5.74, 6) is -2.90. The van der Waals surface area contributed by atoms with Crippen molar-refractivity contribution in [1.82, 2.24) is 19.6 Å². The molecule has 0 bridgehead atoms. The maximum atomic E-state index is 14.7. The Morgan fingerprint density at radius 2 is 0.800 bits per heavy atom. The zero-order valence-corrected chi connectivity index (χ0v) is 57.2. The van der Waals surface area contributed by atoms with Crippen LogP contribution in [0.1, 0.15) is 166 Å². The first-order valence-electron chi connectivity index (χ1n) is 32.2. The fraction of sp³-hybridized carbons (Fsp3) is 0.648. The van der Waals surface area contributed by atoms with Crippen molar-refractivity contribution in [3.8, 4) is 5.75 Å². The highest BCUT2D eigenvalue weighted by molar-refractivity contribution is 5.81. The number of nitrogens with one attached hydrogen (secondary N) is 1. The van der Waals surface area contributed by atoms with Crippen LogP contribution in [0.15, 0.2) is 72.8 Å². The fourth-order valence-electron chi connectivity index (χ4n) is 11.5. The molecule has 0 spiro atoms. The predicted molar refractivity (Wildman–Crippen MR) is 346 cm³/mol. The second kappa shape index (κ2) is 29.9. The molecular weight excluding hydrogens is 1150 g/mol. The van der Waals surface area contributed by atoms with Crippen LogP contribution in [0.4, 0.5) is 20.1 Å². The first-order chi connectivity index (χ1) is 41.6. The highest BCUT2D eigenvalue weighted by Gasteiger charge is 2.43. The monoisotopic (exact) mass is 1250 g/mol. The summed E-state index contributed by atoms with van der Waals surface area (Å²) >= 11 is 0. The van der Waals surface area contributed by atoms with Crippen molar-refractivity contribution in [2.75, 3.05) is 64.3 Å². The lowest BCUT2D eigenvalue weighted by molar-refractivity contribution is -0.163. The zero-order chi connectivity index (χ0) is 66.7. The smallest absolute Gasteiger partial charge is 0.410 e. The average Bonchev–Trinajstić information content (AvgIpc) is 1.74. The molecule has 3 heterocycles. The van der Waals surface area contributed by atoms with E-state index in [2.05, 4.69) is 5.32 Å². The van der Waals surface area contributed by atoms with E-state index in [0.717, 1.165) is 22.3 Å². The Kier molecular flexibility index (Phi) is 23.9. The summed E-state index contributed by atoms with van der Waals surface area (Å²) in [6.45, 7) is 35.8. The SMILES string of the molecule is CC(C)(C)OC(=O)[C@@H](Cc1cccc(CN(CCOc2cccc(C[C@H](C(=O)OC(C)(C)C)[C@H]3CCN(C(=O)OC(C)(C)C)C3)c2)C(=O)CNc2cccc(C[C@H](C(=O)OC(C)(C)C)[C@H]3CCN(C(=O)OC(C)(C)C)C3)c2)c1)[C@H]1CCN(C(=O)OC(C)(C)C)C1. The van der Waals surface area contributed by atoms with Crippen molar-refractivity contribution in [2.24, 2.45) is 35.5 Å². The van der Waals surface area contributed by atoms with Crippen LogP contribution >= 0.6 is 0 Å². The molecule has 0 aromatic heterocycles. The maximum absolute atomic E-state index is 14.7. The molecule has 3 saturated heterocycles. The van der Waals surface area contributed by atoms with E-state index < -0.39 is 69.6 Å². The van der Waals surface area contributed by atoms with E-state index in [1.165, 1.54) is 0 Å². The molecule has 3 aromatic carbocycles. The maximum Gasteiger partial charge on any atom is 0.410 e. The summed E-state index contributed by atoms with van der Waals surface area (Å²) in [6.07, 6.45) is 1.61. The van der Waals surface area contributed by atoms with Crippen LogP contribution in [0.5, 0.6) is 5.75 Å². The van der Waals surface area contributed by atoms with Crippen molar-refractivity contribution < 1.29 is 66.7 Å². The summed E-state index contributed by atoms with van der Waals surface area (Å²) in [5, 5.41) is 3.35. The van der Waals surface area contributed by atoms with Crippen molar-refractivity contribution in [3.05, 3.63) is 95.1 Å². The molecule has 90 heavy (non-hydrogen) atoms. The highest BCUT2D eigenvalue weighted by Crippen LogP contribution is 2.35. The molecule has 6 rings (SSSR count). The molecule has 4 amide bonds. The topological polar surface area (TPSA) is 209 Å². The first kappa shape index (κ1) is 72.0. The first-order valence-corrected chi connectivity index (χ1v) is 32.2. The Morgan fingerprint density at radius 3 is 1.19 bits per heavy atom. The molecular formula is C71H105N5O14. The van der Waals surface area contributed by atoms with E-state index in [-0.39, 0.29) is 67.8 Å². The van der Waals surface area contributed by atoms with Crippen molar-refractivity contribution in [1.29, 1.82) is 0 Å². The van der Waals surface area contributed by atoms with Crippen LogP contribution in [0.3, 0.4) is 0 Å². The van der Waals surface area contributed by atoms with Gasteiger partial charge in [-0.2, -0.15) is 0 Å². The molecule has 19 nitrogen and oxygen atoms in total. The molecule has 3 aromatic rings. The van der Waals surface area contributed by atoms with Crippen LogP contribution in [-0.4, -0.2) is 154 Å². The van der Waals surface area contributed by atoms with Gasteiger partial charge in [0.05, 0.1) is 30.8 Å². The van der Waals surface area contributed by atoms with Gasteiger partial charge in [0.2, 0.25) is 5.91 Å². The van der Waals surface area contributed by atoms with Crippen LogP contribution in [0.25, 0.3) is 0 Å². The number of anilines is 1. The highest BCUT2D eigenvalue weighted by atomic mass is 16.6. The van der Waals surface area contributed by atoms with E-state index in [9.17, 15) is 33.6 Å². The summed E-state index contributed by atoms with van der Waals surface area (Å²) in [5.41, 5.74) is -0.127. The minimum atomic E-state index is -0.740. The van der Waals surface area contributed by atoms with E-state index in [1.54, 1.807) is 19.6 Å². The predicted octanol–water partition coefficient (Wildman–Crippen LogP) is 12.5. The number of esters is 3. The number of carbonyl (C=O) groups excluding carboxylic acids is 7. The number of nitrogens with zero attached hydrogens (tertiary/aromatic N) is 4. The van der Waals surface area contributed by atoms with E-state index >= 15 is 0 Å². The van der Waals surface area contributed by atoms with Crippen LogP contribution in [-0.2, 0) is 73.4 Å². The second-order valence-corrected chi connectivity index (χ2v) is 30.6. The molecule has 3 fully saturated rings. The molecule has 0 radical (unpaired) electrons. The molecule has 498 valence electrons. The lowest BCUT2D eigenvalue weighted by atomic mass is 9.85. The Hall–Kier alpha value is -7.05. The van der Waals surface area contributed by atoms with Gasteiger partial charge in [0, 0.05) is 51.5 Å². The van der Waals surface area contributed by atoms with Crippen LogP contribution in [0.2, 0.25) is 0 Å². The Labute approximate surface area is 535 Å². The lowest BCUT2D eigenvalue weighted by Crippen LogP contribution is -2.38. The molecule has 0 saturated carbocycles. The summed E-state index contributed by atoms with van der Waals surface area (Å²) < 4.78 is 41.5. The molecule has 0 aliphatic carbocycles. The van der Waals surface area contributed by atoms with Crippen molar-refractivity contribution in [3.63, 3.8) is 0 Å². The molecule has 3 aliphatic rings. The Morgan fingerprint density at radius 1 is 0.456 bits per heavy atom. The molecule has 1 N–H and O–H groups in total. The second-order valence-electron chi connectivity index (χ2n) is 30.6. The van der Waals surface area contributed by atoms with Crippen LogP contribution < -0.4 is 10.1 Å². The summed E-state index contributed by atoms with van der Waals surface area (Å²) in [7, 11) is 0. The largest absolute Gasteiger partial charge is 0.492 e. The van der Waals surface area contributed by atoms with Gasteiger partial charge in [0.25, 0.3) is 0 Å². The van der Waals surface area contributed by atoms with E-state index in [4.69, 9.17) is 33.2 Å². The average molecular weight is 1250 g/mol. The Bertz CT molecular complexity index is 2960. The number of likely N-dealkylation sites (tertiary alicyclic amines) is 3. The quantitative estimate of drug-likeness (QED) is 0.0777. The van der Waals surface area contributed by atoms with Crippen molar-refractivity contribution in [2.45, 2.75) is 203 Å². The van der Waals surface area contributed by atoms with E-state index in [1.807, 2.05) is 197 Å².